The molecule has 0 radical (unpaired) electrons. The summed E-state index contributed by atoms with van der Waals surface area (Å²) in [7, 11) is 2.03. The molecule has 1 aromatic heterocycles. The minimum absolute atomic E-state index is 0.440. The molecule has 0 spiro atoms. The average molecular weight is 209 g/mol. The highest BCUT2D eigenvalue weighted by Gasteiger charge is 2.13. The highest BCUT2D eigenvalue weighted by molar-refractivity contribution is 5.06. The molecule has 1 rings (SSSR count). The predicted octanol–water partition coefficient (Wildman–Crippen LogP) is 2.60. The van der Waals surface area contributed by atoms with E-state index >= 15 is 0 Å². The second kappa shape index (κ2) is 5.91. The summed E-state index contributed by atoms with van der Waals surface area (Å²) >= 11 is 0. The molecule has 1 aromatic rings. The van der Waals surface area contributed by atoms with Crippen LogP contribution in [0.5, 0.6) is 0 Å². The third kappa shape index (κ3) is 3.34. The van der Waals surface area contributed by atoms with Crippen molar-refractivity contribution in [1.29, 1.82) is 0 Å². The van der Waals surface area contributed by atoms with Gasteiger partial charge in [-0.2, -0.15) is 5.10 Å². The van der Waals surface area contributed by atoms with Gasteiger partial charge in [-0.25, -0.2) is 0 Å². The molecular formula is C12H23N3. The van der Waals surface area contributed by atoms with Gasteiger partial charge in [0.25, 0.3) is 0 Å². The molecule has 0 aliphatic rings. The molecule has 0 aliphatic heterocycles. The van der Waals surface area contributed by atoms with Crippen molar-refractivity contribution in [2.75, 3.05) is 7.05 Å². The topological polar surface area (TPSA) is 29.9 Å². The number of rotatable bonds is 6. The Kier molecular flexibility index (Phi) is 4.82. The summed E-state index contributed by atoms with van der Waals surface area (Å²) in [6.45, 7) is 7.61. The van der Waals surface area contributed by atoms with Crippen molar-refractivity contribution in [2.24, 2.45) is 5.92 Å². The molecule has 3 heteroatoms. The number of nitrogens with zero attached hydrogens (tertiary/aromatic N) is 2. The lowest BCUT2D eigenvalue weighted by Gasteiger charge is -2.18. The van der Waals surface area contributed by atoms with Crippen LogP contribution in [-0.2, 0) is 6.54 Å². The molecule has 0 aromatic carbocycles. The van der Waals surface area contributed by atoms with Gasteiger partial charge >= 0.3 is 0 Å². The van der Waals surface area contributed by atoms with E-state index in [-0.39, 0.29) is 0 Å². The first-order chi connectivity index (χ1) is 7.19. The summed E-state index contributed by atoms with van der Waals surface area (Å²) in [4.78, 5) is 0. The Bertz CT molecular complexity index is 278. The summed E-state index contributed by atoms with van der Waals surface area (Å²) in [6, 6.07) is 2.56. The number of hydrogen-bond acceptors (Lipinski definition) is 2. The second-order valence-electron chi connectivity index (χ2n) is 4.38. The van der Waals surface area contributed by atoms with E-state index in [0.29, 0.717) is 6.04 Å². The van der Waals surface area contributed by atoms with Gasteiger partial charge in [0.15, 0.2) is 0 Å². The van der Waals surface area contributed by atoms with Crippen LogP contribution in [0.3, 0.4) is 0 Å². The maximum absolute atomic E-state index is 4.31. The molecule has 3 nitrogen and oxygen atoms in total. The smallest absolute Gasteiger partial charge is 0.0553 e. The first-order valence-corrected chi connectivity index (χ1v) is 5.88. The molecule has 1 atom stereocenters. The number of aryl methyl sites for hydroxylation is 1. The SMILES string of the molecule is CCn1nccc1C(CCC(C)C)NC. The molecule has 0 aliphatic carbocycles. The Morgan fingerprint density at radius 3 is 2.67 bits per heavy atom. The third-order valence-corrected chi connectivity index (χ3v) is 2.79. The minimum atomic E-state index is 0.440. The summed E-state index contributed by atoms with van der Waals surface area (Å²) in [5.74, 6) is 0.763. The molecule has 0 bridgehead atoms. The molecule has 86 valence electrons. The van der Waals surface area contributed by atoms with E-state index in [9.17, 15) is 0 Å². The molecular weight excluding hydrogens is 186 g/mol. The zero-order valence-electron chi connectivity index (χ0n) is 10.3. The zero-order chi connectivity index (χ0) is 11.3. The first kappa shape index (κ1) is 12.2. The third-order valence-electron chi connectivity index (χ3n) is 2.79. The molecule has 0 saturated heterocycles. The van der Waals surface area contributed by atoms with Gasteiger partial charge in [0.2, 0.25) is 0 Å². The fourth-order valence-corrected chi connectivity index (χ4v) is 1.84. The van der Waals surface area contributed by atoms with E-state index in [1.807, 2.05) is 13.2 Å². The van der Waals surface area contributed by atoms with Gasteiger partial charge in [-0.1, -0.05) is 13.8 Å². The van der Waals surface area contributed by atoms with Gasteiger partial charge in [0, 0.05) is 18.8 Å². The van der Waals surface area contributed by atoms with Gasteiger partial charge in [0.1, 0.15) is 0 Å². The van der Waals surface area contributed by atoms with Crippen LogP contribution in [0.4, 0.5) is 0 Å². The largest absolute Gasteiger partial charge is 0.312 e. The van der Waals surface area contributed by atoms with E-state index < -0.39 is 0 Å². The Balaban J connectivity index is 2.65. The molecule has 1 heterocycles. The fourth-order valence-electron chi connectivity index (χ4n) is 1.84. The summed E-state index contributed by atoms with van der Waals surface area (Å²) in [6.07, 6.45) is 4.32. The van der Waals surface area contributed by atoms with Gasteiger partial charge in [0.05, 0.1) is 5.69 Å². The Hall–Kier alpha value is -0.830. The molecule has 0 saturated carbocycles. The Morgan fingerprint density at radius 2 is 2.13 bits per heavy atom. The van der Waals surface area contributed by atoms with Crippen LogP contribution in [0, 0.1) is 5.92 Å². The maximum atomic E-state index is 4.31. The lowest BCUT2D eigenvalue weighted by molar-refractivity contribution is 0.437. The lowest BCUT2D eigenvalue weighted by atomic mass is 10.0. The van der Waals surface area contributed by atoms with Crippen LogP contribution in [0.1, 0.15) is 45.3 Å². The van der Waals surface area contributed by atoms with E-state index in [1.165, 1.54) is 18.5 Å². The van der Waals surface area contributed by atoms with Gasteiger partial charge in [-0.05, 0) is 38.8 Å². The Morgan fingerprint density at radius 1 is 1.40 bits per heavy atom. The van der Waals surface area contributed by atoms with Crippen LogP contribution in [0.15, 0.2) is 12.3 Å². The van der Waals surface area contributed by atoms with E-state index in [1.54, 1.807) is 0 Å². The zero-order valence-corrected chi connectivity index (χ0v) is 10.3. The molecule has 1 N–H and O–H groups in total. The van der Waals surface area contributed by atoms with Crippen LogP contribution >= 0.6 is 0 Å². The monoisotopic (exact) mass is 209 g/mol. The Labute approximate surface area is 92.9 Å². The van der Waals surface area contributed by atoms with Crippen LogP contribution in [0.2, 0.25) is 0 Å². The van der Waals surface area contributed by atoms with Crippen molar-refractivity contribution in [3.8, 4) is 0 Å². The number of aromatic nitrogens is 2. The van der Waals surface area contributed by atoms with Crippen molar-refractivity contribution in [1.82, 2.24) is 15.1 Å². The van der Waals surface area contributed by atoms with Gasteiger partial charge in [-0.3, -0.25) is 4.68 Å². The van der Waals surface area contributed by atoms with Crippen LogP contribution in [0.25, 0.3) is 0 Å². The normalized spacial score (nSPS) is 13.4. The van der Waals surface area contributed by atoms with Crippen LogP contribution in [-0.4, -0.2) is 16.8 Å². The predicted molar refractivity (Wildman–Crippen MR) is 63.8 cm³/mol. The quantitative estimate of drug-likeness (QED) is 0.780. The second-order valence-corrected chi connectivity index (χ2v) is 4.38. The molecule has 0 amide bonds. The number of nitrogens with one attached hydrogen (secondary N) is 1. The van der Waals surface area contributed by atoms with Crippen LogP contribution < -0.4 is 5.32 Å². The first-order valence-electron chi connectivity index (χ1n) is 5.88. The average Bonchev–Trinajstić information content (AvgIpc) is 2.66. The van der Waals surface area contributed by atoms with Crippen molar-refractivity contribution in [3.63, 3.8) is 0 Å². The van der Waals surface area contributed by atoms with E-state index in [4.69, 9.17) is 0 Å². The fraction of sp³-hybridized carbons (Fsp3) is 0.750. The highest BCUT2D eigenvalue weighted by atomic mass is 15.3. The molecule has 15 heavy (non-hydrogen) atoms. The van der Waals surface area contributed by atoms with Gasteiger partial charge in [-0.15, -0.1) is 0 Å². The van der Waals surface area contributed by atoms with E-state index in [0.717, 1.165) is 12.5 Å². The molecule has 1 unspecified atom stereocenters. The van der Waals surface area contributed by atoms with Gasteiger partial charge < -0.3 is 5.32 Å². The van der Waals surface area contributed by atoms with Crippen molar-refractivity contribution >= 4 is 0 Å². The minimum Gasteiger partial charge on any atom is -0.312 e. The summed E-state index contributed by atoms with van der Waals surface area (Å²) < 4.78 is 2.07. The summed E-state index contributed by atoms with van der Waals surface area (Å²) in [5.41, 5.74) is 1.31. The lowest BCUT2D eigenvalue weighted by Crippen LogP contribution is -2.20. The van der Waals surface area contributed by atoms with Crippen molar-refractivity contribution in [2.45, 2.75) is 46.2 Å². The van der Waals surface area contributed by atoms with Crippen molar-refractivity contribution < 1.29 is 0 Å². The van der Waals surface area contributed by atoms with Crippen molar-refractivity contribution in [3.05, 3.63) is 18.0 Å². The number of hydrogen-bond donors (Lipinski definition) is 1. The highest BCUT2D eigenvalue weighted by Crippen LogP contribution is 2.20. The maximum Gasteiger partial charge on any atom is 0.0553 e. The standard InChI is InChI=1S/C12H23N3/c1-5-15-12(8-9-14-15)11(13-4)7-6-10(2)3/h8-11,13H,5-7H2,1-4H3. The summed E-state index contributed by atoms with van der Waals surface area (Å²) in [5, 5.41) is 7.68. The molecule has 0 fully saturated rings. The van der Waals surface area contributed by atoms with E-state index in [2.05, 4.69) is 41.9 Å².